The van der Waals surface area contributed by atoms with Crippen LogP contribution in [0.1, 0.15) is 32.3 Å². The summed E-state index contributed by atoms with van der Waals surface area (Å²) >= 11 is 5.93. The van der Waals surface area contributed by atoms with E-state index >= 15 is 0 Å². The number of hydrogen-bond acceptors (Lipinski definition) is 4. The summed E-state index contributed by atoms with van der Waals surface area (Å²) in [5.41, 5.74) is 1.31. The first-order valence-electron chi connectivity index (χ1n) is 8.84. The van der Waals surface area contributed by atoms with E-state index < -0.39 is 0 Å². The molecule has 2 rings (SSSR count). The number of carbonyl (C=O) groups is 2. The van der Waals surface area contributed by atoms with Crippen molar-refractivity contribution in [1.82, 2.24) is 10.2 Å². The molecule has 0 aromatic heterocycles. The maximum atomic E-state index is 12.3. The van der Waals surface area contributed by atoms with Crippen LogP contribution in [0.15, 0.2) is 24.8 Å². The second-order valence-electron chi connectivity index (χ2n) is 5.84. The van der Waals surface area contributed by atoms with Gasteiger partial charge in [0.15, 0.2) is 0 Å². The van der Waals surface area contributed by atoms with E-state index in [1.54, 1.807) is 11.0 Å². The number of phenols is 1. The molecular formula is C19H28ClN3O3. The first-order chi connectivity index (χ1) is 12.4. The third-order valence-electron chi connectivity index (χ3n) is 4.09. The van der Waals surface area contributed by atoms with Crippen molar-refractivity contribution >= 4 is 29.1 Å². The van der Waals surface area contributed by atoms with Crippen LogP contribution >= 0.6 is 11.6 Å². The number of halogens is 1. The Hall–Kier alpha value is -2.21. The van der Waals surface area contributed by atoms with Crippen molar-refractivity contribution in [2.24, 2.45) is 0 Å². The number of anilines is 1. The van der Waals surface area contributed by atoms with Gasteiger partial charge in [-0.15, -0.1) is 0 Å². The second kappa shape index (κ2) is 10.7. The fourth-order valence-corrected chi connectivity index (χ4v) is 2.79. The third kappa shape index (κ3) is 6.26. The van der Waals surface area contributed by atoms with Crippen LogP contribution in [0.2, 0.25) is 5.02 Å². The van der Waals surface area contributed by atoms with Gasteiger partial charge in [0.1, 0.15) is 5.75 Å². The summed E-state index contributed by atoms with van der Waals surface area (Å²) < 4.78 is 0. The summed E-state index contributed by atoms with van der Waals surface area (Å²) in [7, 11) is 0. The fraction of sp³-hybridized carbons (Fsp3) is 0.474. The lowest BCUT2D eigenvalue weighted by Crippen LogP contribution is -2.47. The minimum atomic E-state index is -0.185. The van der Waals surface area contributed by atoms with Gasteiger partial charge in [-0.2, -0.15) is 0 Å². The summed E-state index contributed by atoms with van der Waals surface area (Å²) in [4.78, 5) is 25.3. The molecule has 0 unspecified atom stereocenters. The molecule has 0 saturated carbocycles. The molecule has 1 aromatic rings. The Morgan fingerprint density at radius 1 is 1.35 bits per heavy atom. The monoisotopic (exact) mass is 381 g/mol. The van der Waals surface area contributed by atoms with Gasteiger partial charge in [-0.3, -0.25) is 9.59 Å². The Morgan fingerprint density at radius 2 is 1.96 bits per heavy atom. The smallest absolute Gasteiger partial charge is 0.243 e. The summed E-state index contributed by atoms with van der Waals surface area (Å²) in [6.45, 7) is 10.5. The number of carbonyl (C=O) groups excluding carboxylic acids is 2. The SMILES string of the molecule is C=CC(=O)NC1CCN(C(=O)CNc2cc(C)c(Cl)cc2O)CC1.CC. The lowest BCUT2D eigenvalue weighted by atomic mass is 10.0. The topological polar surface area (TPSA) is 81.7 Å². The van der Waals surface area contributed by atoms with Crippen molar-refractivity contribution in [2.75, 3.05) is 25.0 Å². The van der Waals surface area contributed by atoms with Crippen LogP contribution in [-0.4, -0.2) is 47.5 Å². The molecule has 0 bridgehead atoms. The first-order valence-corrected chi connectivity index (χ1v) is 9.22. The Labute approximate surface area is 160 Å². The Kier molecular flexibility index (Phi) is 8.99. The number of piperidine rings is 1. The normalized spacial score (nSPS) is 14.1. The highest BCUT2D eigenvalue weighted by molar-refractivity contribution is 6.31. The van der Waals surface area contributed by atoms with Crippen LogP contribution in [0.3, 0.4) is 0 Å². The minimum absolute atomic E-state index is 0.0178. The van der Waals surface area contributed by atoms with E-state index in [-0.39, 0.29) is 30.2 Å². The third-order valence-corrected chi connectivity index (χ3v) is 4.49. The molecule has 1 aliphatic heterocycles. The lowest BCUT2D eigenvalue weighted by molar-refractivity contribution is -0.130. The quantitative estimate of drug-likeness (QED) is 0.540. The zero-order chi connectivity index (χ0) is 19.7. The predicted octanol–water partition coefficient (Wildman–Crippen LogP) is 3.09. The number of hydrogen-bond donors (Lipinski definition) is 3. The molecule has 0 spiro atoms. The number of nitrogens with one attached hydrogen (secondary N) is 2. The average Bonchev–Trinajstić information content (AvgIpc) is 2.65. The van der Waals surface area contributed by atoms with Gasteiger partial charge in [0, 0.05) is 30.2 Å². The van der Waals surface area contributed by atoms with E-state index in [0.29, 0.717) is 23.8 Å². The number of aryl methyl sites for hydroxylation is 1. The van der Waals surface area contributed by atoms with Crippen LogP contribution in [-0.2, 0) is 9.59 Å². The number of likely N-dealkylation sites (tertiary alicyclic amines) is 1. The van der Waals surface area contributed by atoms with E-state index in [9.17, 15) is 14.7 Å². The van der Waals surface area contributed by atoms with Gasteiger partial charge in [0.05, 0.1) is 12.2 Å². The predicted molar refractivity (Wildman–Crippen MR) is 106 cm³/mol. The first kappa shape index (κ1) is 21.8. The van der Waals surface area contributed by atoms with Crippen molar-refractivity contribution in [3.8, 4) is 5.75 Å². The van der Waals surface area contributed by atoms with E-state index in [1.807, 2.05) is 20.8 Å². The molecule has 0 aliphatic carbocycles. The standard InChI is InChI=1S/C17H22ClN3O3.C2H6/c1-3-16(23)20-12-4-6-21(7-5-12)17(24)10-19-14-8-11(2)13(18)9-15(14)22;1-2/h3,8-9,12,19,22H,1,4-7,10H2,2H3,(H,20,23);1-2H3. The van der Waals surface area contributed by atoms with Crippen LogP contribution in [0.5, 0.6) is 5.75 Å². The number of nitrogens with zero attached hydrogens (tertiary/aromatic N) is 1. The van der Waals surface area contributed by atoms with Crippen LogP contribution < -0.4 is 10.6 Å². The van der Waals surface area contributed by atoms with Crippen molar-refractivity contribution in [3.05, 3.63) is 35.4 Å². The number of rotatable bonds is 5. The Bertz CT molecular complexity index is 641. The molecule has 1 aromatic carbocycles. The zero-order valence-electron chi connectivity index (χ0n) is 15.6. The van der Waals surface area contributed by atoms with Crippen molar-refractivity contribution in [2.45, 2.75) is 39.7 Å². The molecular weight excluding hydrogens is 354 g/mol. The molecule has 26 heavy (non-hydrogen) atoms. The summed E-state index contributed by atoms with van der Waals surface area (Å²) in [6.07, 6.45) is 2.69. The summed E-state index contributed by atoms with van der Waals surface area (Å²) in [6, 6.07) is 3.25. The van der Waals surface area contributed by atoms with Gasteiger partial charge >= 0.3 is 0 Å². The largest absolute Gasteiger partial charge is 0.506 e. The van der Waals surface area contributed by atoms with E-state index in [0.717, 1.165) is 18.4 Å². The molecule has 6 nitrogen and oxygen atoms in total. The number of benzene rings is 1. The molecule has 144 valence electrons. The fourth-order valence-electron chi connectivity index (χ4n) is 2.63. The molecule has 0 atom stereocenters. The van der Waals surface area contributed by atoms with Crippen LogP contribution in [0, 0.1) is 6.92 Å². The lowest BCUT2D eigenvalue weighted by Gasteiger charge is -2.32. The minimum Gasteiger partial charge on any atom is -0.506 e. The molecule has 1 fully saturated rings. The Morgan fingerprint density at radius 3 is 2.54 bits per heavy atom. The highest BCUT2D eigenvalue weighted by atomic mass is 35.5. The van der Waals surface area contributed by atoms with Crippen molar-refractivity contribution in [1.29, 1.82) is 0 Å². The number of phenolic OH excluding ortho intramolecular Hbond substituents is 1. The molecule has 1 heterocycles. The molecule has 1 aliphatic rings. The van der Waals surface area contributed by atoms with Crippen molar-refractivity contribution in [3.63, 3.8) is 0 Å². The molecule has 7 heteroatoms. The highest BCUT2D eigenvalue weighted by Gasteiger charge is 2.23. The number of aromatic hydroxyl groups is 1. The molecule has 2 amide bonds. The zero-order valence-corrected chi connectivity index (χ0v) is 16.4. The molecule has 3 N–H and O–H groups in total. The second-order valence-corrected chi connectivity index (χ2v) is 6.25. The van der Waals surface area contributed by atoms with Crippen LogP contribution in [0.25, 0.3) is 0 Å². The van der Waals surface area contributed by atoms with Gasteiger partial charge in [-0.25, -0.2) is 0 Å². The summed E-state index contributed by atoms with van der Waals surface area (Å²) in [5.74, 6) is -0.213. The summed E-state index contributed by atoms with van der Waals surface area (Å²) in [5, 5.41) is 16.1. The molecule has 0 radical (unpaired) electrons. The average molecular weight is 382 g/mol. The van der Waals surface area contributed by atoms with Gasteiger partial charge in [-0.05, 0) is 37.5 Å². The highest BCUT2D eigenvalue weighted by Crippen LogP contribution is 2.29. The van der Waals surface area contributed by atoms with E-state index in [4.69, 9.17) is 11.6 Å². The Balaban J connectivity index is 0.00000163. The maximum absolute atomic E-state index is 12.3. The van der Waals surface area contributed by atoms with Gasteiger partial charge in [0.25, 0.3) is 0 Å². The van der Waals surface area contributed by atoms with E-state index in [1.165, 1.54) is 12.1 Å². The van der Waals surface area contributed by atoms with E-state index in [2.05, 4.69) is 17.2 Å². The van der Waals surface area contributed by atoms with Gasteiger partial charge in [-0.1, -0.05) is 32.0 Å². The van der Waals surface area contributed by atoms with Gasteiger partial charge < -0.3 is 20.6 Å². The van der Waals surface area contributed by atoms with Gasteiger partial charge in [0.2, 0.25) is 11.8 Å². The number of amides is 2. The molecule has 1 saturated heterocycles. The maximum Gasteiger partial charge on any atom is 0.243 e. The van der Waals surface area contributed by atoms with Crippen LogP contribution in [0.4, 0.5) is 5.69 Å². The van der Waals surface area contributed by atoms with Crippen molar-refractivity contribution < 1.29 is 14.7 Å².